The van der Waals surface area contributed by atoms with Crippen LogP contribution in [0.1, 0.15) is 50.4 Å². The molecule has 0 unspecified atom stereocenters. The van der Waals surface area contributed by atoms with Crippen molar-refractivity contribution in [1.29, 1.82) is 0 Å². The van der Waals surface area contributed by atoms with Gasteiger partial charge in [-0.05, 0) is 87.7 Å². The zero-order valence-corrected chi connectivity index (χ0v) is 29.3. The van der Waals surface area contributed by atoms with E-state index in [1.807, 2.05) is 32.0 Å². The lowest BCUT2D eigenvalue weighted by atomic mass is 10.0. The second-order valence-electron chi connectivity index (χ2n) is 12.2. The number of nitrogens with one attached hydrogen (secondary N) is 2. The van der Waals surface area contributed by atoms with Crippen molar-refractivity contribution in [2.45, 2.75) is 63.2 Å². The molecule has 0 saturated heterocycles. The number of amides is 3. The lowest BCUT2D eigenvalue weighted by Gasteiger charge is -2.35. The molecule has 3 amide bonds. The molecular weight excluding hydrogens is 656 g/mol. The molecule has 1 aliphatic rings. The number of rotatable bonds is 8. The summed E-state index contributed by atoms with van der Waals surface area (Å²) < 4.78 is 40.7. The summed E-state index contributed by atoms with van der Waals surface area (Å²) in [6.07, 6.45) is 1.42. The molecule has 48 heavy (non-hydrogen) atoms. The molecule has 3 aromatic carbocycles. The number of ether oxygens (including phenoxy) is 2. The number of sulfonamides is 1. The molecule has 0 aromatic heterocycles. The summed E-state index contributed by atoms with van der Waals surface area (Å²) in [5, 5.41) is 16.2. The third kappa shape index (κ3) is 9.93. The van der Waals surface area contributed by atoms with E-state index in [4.69, 9.17) is 21.1 Å². The van der Waals surface area contributed by atoms with Gasteiger partial charge in [-0.1, -0.05) is 36.7 Å². The number of benzene rings is 3. The Labute approximate surface area is 288 Å². The number of carbonyl (C=O) groups is 2. The number of aliphatic hydroxyl groups is 1. The van der Waals surface area contributed by atoms with E-state index in [0.29, 0.717) is 35.2 Å². The highest BCUT2D eigenvalue weighted by Crippen LogP contribution is 2.29. The highest BCUT2D eigenvalue weighted by Gasteiger charge is 2.32. The summed E-state index contributed by atoms with van der Waals surface area (Å²) in [5.74, 6) is -0.381. The van der Waals surface area contributed by atoms with E-state index < -0.39 is 34.1 Å². The summed E-state index contributed by atoms with van der Waals surface area (Å²) >= 11 is 5.98. The molecule has 0 saturated carbocycles. The van der Waals surface area contributed by atoms with Crippen molar-refractivity contribution in [1.82, 2.24) is 9.21 Å². The minimum absolute atomic E-state index is 0.0440. The van der Waals surface area contributed by atoms with E-state index in [1.165, 1.54) is 35.6 Å². The quantitative estimate of drug-likeness (QED) is 0.258. The van der Waals surface area contributed by atoms with Gasteiger partial charge in [-0.3, -0.25) is 4.79 Å². The van der Waals surface area contributed by atoms with Crippen LogP contribution in [0.3, 0.4) is 0 Å². The van der Waals surface area contributed by atoms with Gasteiger partial charge in [-0.2, -0.15) is 4.31 Å². The van der Waals surface area contributed by atoms with Crippen molar-refractivity contribution >= 4 is 44.9 Å². The maximum Gasteiger partial charge on any atom is 0.323 e. The number of carbonyl (C=O) groups excluding carboxylic acids is 2. The maximum absolute atomic E-state index is 14.3. The number of anilines is 2. The van der Waals surface area contributed by atoms with Crippen LogP contribution in [0.2, 0.25) is 5.02 Å². The monoisotopic (exact) mass is 700 g/mol. The van der Waals surface area contributed by atoms with Crippen LogP contribution in [-0.4, -0.2) is 86.3 Å². The molecule has 4 rings (SSSR count). The van der Waals surface area contributed by atoms with Crippen molar-refractivity contribution < 1.29 is 32.6 Å². The lowest BCUT2D eigenvalue weighted by molar-refractivity contribution is -0.00833. The van der Waals surface area contributed by atoms with Gasteiger partial charge in [-0.15, -0.1) is 0 Å². The standard InChI is InChI=1S/C35H45ClN4O7S/c1-24-21-40(25(2)23-41)34(42)31-20-29(38-35(43)37-28-11-6-5-7-12-28)15-18-32(31)47-26(3)10-8-9-19-46-33(24)22-39(4)48(44,45)30-16-13-27(36)14-17-30/h5-7,11-18,20,24-26,33,41H,8-10,19,21-23H2,1-4H3,(H2,37,38,43)/t24-,25+,26-,33-/m1/s1. The Balaban J connectivity index is 1.62. The van der Waals surface area contributed by atoms with Gasteiger partial charge in [0.05, 0.1) is 35.3 Å². The Kier molecular flexibility index (Phi) is 13.2. The smallest absolute Gasteiger partial charge is 0.323 e. The fourth-order valence-corrected chi connectivity index (χ4v) is 6.72. The molecule has 0 bridgehead atoms. The number of fused-ring (bicyclic) bond motifs is 1. The molecule has 3 N–H and O–H groups in total. The number of aliphatic hydroxyl groups excluding tert-OH is 1. The Morgan fingerprint density at radius 2 is 1.73 bits per heavy atom. The number of urea groups is 1. The van der Waals surface area contributed by atoms with Gasteiger partial charge >= 0.3 is 6.03 Å². The number of para-hydroxylation sites is 1. The van der Waals surface area contributed by atoms with Crippen LogP contribution in [0, 0.1) is 5.92 Å². The van der Waals surface area contributed by atoms with Crippen LogP contribution in [0.25, 0.3) is 0 Å². The van der Waals surface area contributed by atoms with E-state index in [1.54, 1.807) is 42.2 Å². The topological polar surface area (TPSA) is 138 Å². The Morgan fingerprint density at radius 1 is 1.04 bits per heavy atom. The van der Waals surface area contributed by atoms with Gasteiger partial charge in [0.15, 0.2) is 0 Å². The largest absolute Gasteiger partial charge is 0.490 e. The molecule has 0 spiro atoms. The molecule has 3 aromatic rings. The highest BCUT2D eigenvalue weighted by molar-refractivity contribution is 7.89. The van der Waals surface area contributed by atoms with Crippen LogP contribution in [-0.2, 0) is 14.8 Å². The summed E-state index contributed by atoms with van der Waals surface area (Å²) in [4.78, 5) is 28.8. The molecule has 11 nitrogen and oxygen atoms in total. The Hall–Kier alpha value is -3.68. The van der Waals surface area contributed by atoms with Crippen LogP contribution in [0.4, 0.5) is 16.2 Å². The van der Waals surface area contributed by atoms with E-state index in [0.717, 1.165) is 12.8 Å². The van der Waals surface area contributed by atoms with Gasteiger partial charge in [-0.25, -0.2) is 13.2 Å². The molecule has 0 radical (unpaired) electrons. The first kappa shape index (κ1) is 37.1. The maximum atomic E-state index is 14.3. The lowest BCUT2D eigenvalue weighted by Crippen LogP contribution is -2.48. The first-order chi connectivity index (χ1) is 22.9. The van der Waals surface area contributed by atoms with Crippen molar-refractivity contribution in [3.63, 3.8) is 0 Å². The minimum Gasteiger partial charge on any atom is -0.490 e. The van der Waals surface area contributed by atoms with E-state index in [2.05, 4.69) is 10.6 Å². The molecule has 0 fully saturated rings. The summed E-state index contributed by atoms with van der Waals surface area (Å²) in [6, 6.07) is 18.8. The van der Waals surface area contributed by atoms with Crippen molar-refractivity contribution in [3.05, 3.63) is 83.4 Å². The zero-order chi connectivity index (χ0) is 34.8. The van der Waals surface area contributed by atoms with E-state index in [9.17, 15) is 23.1 Å². The number of hydrogen-bond acceptors (Lipinski definition) is 7. The fourth-order valence-electron chi connectivity index (χ4n) is 5.42. The van der Waals surface area contributed by atoms with Crippen LogP contribution in [0.15, 0.2) is 77.7 Å². The van der Waals surface area contributed by atoms with Crippen molar-refractivity contribution in [2.75, 3.05) is 44.0 Å². The molecule has 1 aliphatic heterocycles. The van der Waals surface area contributed by atoms with E-state index in [-0.39, 0.29) is 42.2 Å². The van der Waals surface area contributed by atoms with Crippen LogP contribution in [0.5, 0.6) is 5.75 Å². The number of likely N-dealkylation sites (N-methyl/N-ethyl adjacent to an activating group) is 1. The first-order valence-corrected chi connectivity index (χ1v) is 17.9. The third-order valence-corrected chi connectivity index (χ3v) is 10.4. The highest BCUT2D eigenvalue weighted by atomic mass is 35.5. The van der Waals surface area contributed by atoms with Gasteiger partial charge in [0.1, 0.15) is 5.75 Å². The number of nitrogens with zero attached hydrogens (tertiary/aromatic N) is 2. The second kappa shape index (κ2) is 17.1. The molecule has 1 heterocycles. The summed E-state index contributed by atoms with van der Waals surface area (Å²) in [6.45, 7) is 5.85. The minimum atomic E-state index is -3.85. The normalized spacial score (nSPS) is 20.3. The molecule has 13 heteroatoms. The van der Waals surface area contributed by atoms with Crippen LogP contribution >= 0.6 is 11.6 Å². The number of hydrogen-bond donors (Lipinski definition) is 3. The zero-order valence-electron chi connectivity index (χ0n) is 27.8. The van der Waals surface area contributed by atoms with Gasteiger partial charge < -0.3 is 30.1 Å². The van der Waals surface area contributed by atoms with Gasteiger partial charge in [0.25, 0.3) is 5.91 Å². The van der Waals surface area contributed by atoms with Crippen molar-refractivity contribution in [3.8, 4) is 5.75 Å². The number of halogens is 1. The van der Waals surface area contributed by atoms with Gasteiger partial charge in [0.2, 0.25) is 10.0 Å². The predicted molar refractivity (Wildman–Crippen MR) is 187 cm³/mol. The Bertz CT molecular complexity index is 1630. The average molecular weight is 701 g/mol. The Morgan fingerprint density at radius 3 is 2.42 bits per heavy atom. The first-order valence-electron chi connectivity index (χ1n) is 16.1. The average Bonchev–Trinajstić information content (AvgIpc) is 3.06. The summed E-state index contributed by atoms with van der Waals surface area (Å²) in [7, 11) is -2.35. The SMILES string of the molecule is C[C@@H]1CCCCO[C@H](CN(C)S(=O)(=O)c2ccc(Cl)cc2)[C@H](C)CN([C@@H](C)CO)C(=O)c2cc(NC(=O)Nc3ccccc3)ccc2O1. The molecular formula is C35H45ClN4O7S. The molecule has 260 valence electrons. The second-order valence-corrected chi connectivity index (χ2v) is 14.7. The molecule has 4 atom stereocenters. The molecule has 0 aliphatic carbocycles. The fraction of sp³-hybridized carbons (Fsp3) is 0.429. The predicted octanol–water partition coefficient (Wildman–Crippen LogP) is 6.10. The van der Waals surface area contributed by atoms with Crippen molar-refractivity contribution in [2.24, 2.45) is 5.92 Å². The van der Waals surface area contributed by atoms with Crippen LogP contribution < -0.4 is 15.4 Å². The van der Waals surface area contributed by atoms with Gasteiger partial charge in [0, 0.05) is 49.1 Å². The van der Waals surface area contributed by atoms with E-state index >= 15 is 0 Å². The third-order valence-electron chi connectivity index (χ3n) is 8.30. The summed E-state index contributed by atoms with van der Waals surface area (Å²) in [5.41, 5.74) is 1.22.